The van der Waals surface area contributed by atoms with Crippen molar-refractivity contribution in [3.63, 3.8) is 0 Å². The van der Waals surface area contributed by atoms with Gasteiger partial charge >= 0.3 is 0 Å². The van der Waals surface area contributed by atoms with E-state index in [1.165, 1.54) is 142 Å². The standard InChI is InChI=1S/C66H45N/c1-2-18-43(19-3-1)67(44-33-35-49-47-22-5-4-20-45(47)46-21-6-7-23-48(46)56(49)39-44)64-41-63-57(40-55(64)42-32-34-54-50-24-8-12-28-58(50)65(62(54)38-42)36-16-17-37-65)53-27-11-15-31-61(53)66(63)59-29-13-9-25-51(59)52-26-10-14-30-60(52)66/h1-15,18-35,38-41H,16-17,36-37H2. The van der Waals surface area contributed by atoms with Crippen molar-refractivity contribution in [2.45, 2.75) is 36.5 Å². The van der Waals surface area contributed by atoms with Crippen molar-refractivity contribution < 1.29 is 0 Å². The van der Waals surface area contributed by atoms with E-state index in [0.717, 1.165) is 11.4 Å². The van der Waals surface area contributed by atoms with Gasteiger partial charge in [0, 0.05) is 22.4 Å². The zero-order chi connectivity index (χ0) is 43.8. The molecule has 0 radical (unpaired) electrons. The van der Waals surface area contributed by atoms with Crippen molar-refractivity contribution in [2.24, 2.45) is 0 Å². The smallest absolute Gasteiger partial charge is 0.0726 e. The molecule has 1 fully saturated rings. The highest BCUT2D eigenvalue weighted by molar-refractivity contribution is 6.26. The summed E-state index contributed by atoms with van der Waals surface area (Å²) in [6, 6.07) is 85.7. The van der Waals surface area contributed by atoms with Crippen LogP contribution in [0.3, 0.4) is 0 Å². The highest BCUT2D eigenvalue weighted by Crippen LogP contribution is 2.65. The number of hydrogen-bond donors (Lipinski definition) is 0. The van der Waals surface area contributed by atoms with Crippen LogP contribution in [0.4, 0.5) is 17.1 Å². The predicted octanol–water partition coefficient (Wildman–Crippen LogP) is 17.5. The second-order valence-corrected chi connectivity index (χ2v) is 19.4. The van der Waals surface area contributed by atoms with Crippen LogP contribution in [0.25, 0.3) is 76.8 Å². The normalized spacial score (nSPS) is 15.2. The molecule has 2 spiro atoms. The van der Waals surface area contributed by atoms with E-state index in [4.69, 9.17) is 0 Å². The monoisotopic (exact) mass is 851 g/mol. The largest absolute Gasteiger partial charge is 0.310 e. The van der Waals surface area contributed by atoms with Crippen LogP contribution in [-0.2, 0) is 10.8 Å². The topological polar surface area (TPSA) is 3.24 Å². The van der Waals surface area contributed by atoms with Gasteiger partial charge in [0.25, 0.3) is 0 Å². The summed E-state index contributed by atoms with van der Waals surface area (Å²) in [5.41, 5.74) is 22.0. The van der Waals surface area contributed by atoms with Crippen molar-refractivity contribution in [3.8, 4) is 44.5 Å². The lowest BCUT2D eigenvalue weighted by Gasteiger charge is -2.33. The van der Waals surface area contributed by atoms with Gasteiger partial charge in [-0.2, -0.15) is 0 Å². The zero-order valence-electron chi connectivity index (χ0n) is 37.1. The molecule has 0 amide bonds. The van der Waals surface area contributed by atoms with Crippen LogP contribution in [0.5, 0.6) is 0 Å². The first-order valence-corrected chi connectivity index (χ1v) is 24.1. The zero-order valence-corrected chi connectivity index (χ0v) is 37.1. The molecule has 11 aromatic rings. The third-order valence-corrected chi connectivity index (χ3v) is 16.4. The SMILES string of the molecule is c1ccc(N(c2ccc3c4ccccc4c4ccccc4c3c2)c2cc3c(cc2-c2ccc4c(c2)C2(CCCC2)c2ccccc2-4)-c2ccccc2C32c3ccccc3-c3ccccc32)cc1. The number of fused-ring (bicyclic) bond motifs is 21. The predicted molar refractivity (Wildman–Crippen MR) is 280 cm³/mol. The Balaban J connectivity index is 1.07. The van der Waals surface area contributed by atoms with Gasteiger partial charge in [-0.15, -0.1) is 0 Å². The van der Waals surface area contributed by atoms with Gasteiger partial charge in [0.15, 0.2) is 0 Å². The Hall–Kier alpha value is -8.00. The molecule has 67 heavy (non-hydrogen) atoms. The molecule has 1 heteroatoms. The molecule has 0 saturated heterocycles. The fourth-order valence-corrected chi connectivity index (χ4v) is 13.7. The number of anilines is 3. The van der Waals surface area contributed by atoms with Crippen molar-refractivity contribution >= 4 is 49.4 Å². The van der Waals surface area contributed by atoms with Crippen molar-refractivity contribution in [1.82, 2.24) is 0 Å². The van der Waals surface area contributed by atoms with E-state index in [2.05, 4.69) is 229 Å². The first-order chi connectivity index (χ1) is 33.2. The summed E-state index contributed by atoms with van der Waals surface area (Å²) in [6.45, 7) is 0. The number of hydrogen-bond acceptors (Lipinski definition) is 1. The first kappa shape index (κ1) is 37.2. The summed E-state index contributed by atoms with van der Waals surface area (Å²) < 4.78 is 0. The van der Waals surface area contributed by atoms with Gasteiger partial charge in [0.1, 0.15) is 0 Å². The average molecular weight is 852 g/mol. The molecule has 0 aromatic heterocycles. The van der Waals surface area contributed by atoms with Gasteiger partial charge in [-0.1, -0.05) is 195 Å². The maximum Gasteiger partial charge on any atom is 0.0726 e. The minimum Gasteiger partial charge on any atom is -0.310 e. The molecule has 0 aliphatic heterocycles. The molecule has 4 aliphatic carbocycles. The van der Waals surface area contributed by atoms with Gasteiger partial charge in [-0.05, 0) is 160 Å². The van der Waals surface area contributed by atoms with E-state index < -0.39 is 5.41 Å². The highest BCUT2D eigenvalue weighted by atomic mass is 15.1. The molecule has 11 aromatic carbocycles. The average Bonchev–Trinajstić information content (AvgIpc) is 4.15. The maximum atomic E-state index is 2.60. The molecule has 0 heterocycles. The lowest BCUT2D eigenvalue weighted by Crippen LogP contribution is -2.26. The van der Waals surface area contributed by atoms with Gasteiger partial charge in [-0.25, -0.2) is 0 Å². The van der Waals surface area contributed by atoms with E-state index in [9.17, 15) is 0 Å². The van der Waals surface area contributed by atoms with Crippen LogP contribution < -0.4 is 4.90 Å². The molecule has 15 rings (SSSR count). The maximum absolute atomic E-state index is 2.60. The van der Waals surface area contributed by atoms with Crippen LogP contribution in [0, 0.1) is 0 Å². The Morgan fingerprint density at radius 1 is 0.284 bits per heavy atom. The lowest BCUT2D eigenvalue weighted by molar-refractivity contribution is 0.550. The van der Waals surface area contributed by atoms with E-state index in [1.807, 2.05) is 0 Å². The summed E-state index contributed by atoms with van der Waals surface area (Å²) in [4.78, 5) is 2.57. The third-order valence-electron chi connectivity index (χ3n) is 16.4. The first-order valence-electron chi connectivity index (χ1n) is 24.1. The summed E-state index contributed by atoms with van der Waals surface area (Å²) in [6.07, 6.45) is 4.92. The fourth-order valence-electron chi connectivity index (χ4n) is 13.7. The molecule has 0 N–H and O–H groups in total. The van der Waals surface area contributed by atoms with E-state index in [1.54, 1.807) is 0 Å². The Bertz CT molecular complexity index is 3810. The molecule has 4 aliphatic rings. The summed E-state index contributed by atoms with van der Waals surface area (Å²) >= 11 is 0. The van der Waals surface area contributed by atoms with Crippen LogP contribution in [0.15, 0.2) is 224 Å². The van der Waals surface area contributed by atoms with Crippen LogP contribution in [0.1, 0.15) is 59.1 Å². The Kier molecular flexibility index (Phi) is 7.65. The molecule has 0 atom stereocenters. The Morgan fingerprint density at radius 3 is 1.37 bits per heavy atom. The lowest BCUT2D eigenvalue weighted by atomic mass is 9.70. The molecule has 1 nitrogen and oxygen atoms in total. The van der Waals surface area contributed by atoms with E-state index in [0.29, 0.717) is 0 Å². The number of rotatable bonds is 4. The summed E-state index contributed by atoms with van der Waals surface area (Å²) in [5.74, 6) is 0. The second kappa shape index (κ2) is 13.8. The molecule has 0 bridgehead atoms. The number of benzene rings is 11. The van der Waals surface area contributed by atoms with Crippen LogP contribution in [-0.4, -0.2) is 0 Å². The minimum absolute atomic E-state index is 0.0496. The van der Waals surface area contributed by atoms with Crippen LogP contribution in [0.2, 0.25) is 0 Å². The molecular formula is C66H45N. The summed E-state index contributed by atoms with van der Waals surface area (Å²) in [7, 11) is 0. The van der Waals surface area contributed by atoms with Crippen molar-refractivity contribution in [1.29, 1.82) is 0 Å². The summed E-state index contributed by atoms with van der Waals surface area (Å²) in [5, 5.41) is 7.66. The van der Waals surface area contributed by atoms with Gasteiger partial charge in [-0.3, -0.25) is 0 Å². The van der Waals surface area contributed by atoms with Crippen LogP contribution >= 0.6 is 0 Å². The van der Waals surface area contributed by atoms with Gasteiger partial charge < -0.3 is 4.90 Å². The highest BCUT2D eigenvalue weighted by Gasteiger charge is 2.52. The number of para-hydroxylation sites is 1. The molecule has 0 unspecified atom stereocenters. The number of nitrogens with zero attached hydrogens (tertiary/aromatic N) is 1. The Morgan fingerprint density at radius 2 is 0.761 bits per heavy atom. The molecule has 314 valence electrons. The van der Waals surface area contributed by atoms with E-state index >= 15 is 0 Å². The van der Waals surface area contributed by atoms with Crippen molar-refractivity contribution in [2.75, 3.05) is 4.90 Å². The van der Waals surface area contributed by atoms with E-state index in [-0.39, 0.29) is 5.41 Å². The molecule has 1 saturated carbocycles. The fraction of sp³-hybridized carbons (Fsp3) is 0.0909. The minimum atomic E-state index is -0.485. The van der Waals surface area contributed by atoms with Gasteiger partial charge in [0.05, 0.1) is 11.1 Å². The molecular weight excluding hydrogens is 807 g/mol. The second-order valence-electron chi connectivity index (χ2n) is 19.4. The quantitative estimate of drug-likeness (QED) is 0.159. The van der Waals surface area contributed by atoms with Crippen molar-refractivity contribution in [3.05, 3.63) is 258 Å². The third kappa shape index (κ3) is 4.88. The van der Waals surface area contributed by atoms with Gasteiger partial charge in [0.2, 0.25) is 0 Å². The Labute approximate surface area is 391 Å².